The molecule has 0 fully saturated rings. The molecule has 1 aromatic carbocycles. The number of aromatic nitrogens is 2. The smallest absolute Gasteiger partial charge is 0.123 e. The molecule has 2 heterocycles. The molecule has 4 heteroatoms. The highest BCUT2D eigenvalue weighted by Crippen LogP contribution is 2.36. The van der Waals surface area contributed by atoms with Gasteiger partial charge in [-0.3, -0.25) is 4.98 Å². The Morgan fingerprint density at radius 2 is 1.90 bits per heavy atom. The van der Waals surface area contributed by atoms with Gasteiger partial charge >= 0.3 is 0 Å². The van der Waals surface area contributed by atoms with Gasteiger partial charge in [-0.05, 0) is 43.7 Å². The molecular formula is C17H16BrFN2. The number of halogens is 2. The molecule has 0 saturated carbocycles. The van der Waals surface area contributed by atoms with Gasteiger partial charge in [0.15, 0.2) is 0 Å². The third kappa shape index (κ3) is 2.38. The molecule has 0 unspecified atom stereocenters. The van der Waals surface area contributed by atoms with E-state index in [1.165, 1.54) is 17.8 Å². The number of pyridine rings is 1. The summed E-state index contributed by atoms with van der Waals surface area (Å²) in [7, 11) is 0. The number of rotatable bonds is 3. The minimum Gasteiger partial charge on any atom is -0.339 e. The summed E-state index contributed by atoms with van der Waals surface area (Å²) in [5, 5.41) is 0.730. The van der Waals surface area contributed by atoms with Crippen molar-refractivity contribution in [3.05, 3.63) is 54.1 Å². The Balaban J connectivity index is 2.38. The SMILES string of the molecule is CC(C)n1c(CBr)c(-c2ccc(F)cc2)c2ncccc21. The summed E-state index contributed by atoms with van der Waals surface area (Å²) >= 11 is 3.59. The third-order valence-corrected chi connectivity index (χ3v) is 4.17. The van der Waals surface area contributed by atoms with Crippen LogP contribution in [0.2, 0.25) is 0 Å². The third-order valence-electron chi connectivity index (χ3n) is 3.64. The van der Waals surface area contributed by atoms with Crippen molar-refractivity contribution in [1.82, 2.24) is 9.55 Å². The summed E-state index contributed by atoms with van der Waals surface area (Å²) in [6.07, 6.45) is 1.80. The lowest BCUT2D eigenvalue weighted by Gasteiger charge is -2.14. The predicted octanol–water partition coefficient (Wildman–Crippen LogP) is 5.32. The summed E-state index contributed by atoms with van der Waals surface area (Å²) in [5.74, 6) is -0.223. The van der Waals surface area contributed by atoms with Crippen molar-refractivity contribution in [2.24, 2.45) is 0 Å². The second-order valence-corrected chi connectivity index (χ2v) is 5.86. The molecule has 0 spiro atoms. The molecule has 3 rings (SSSR count). The van der Waals surface area contributed by atoms with Crippen molar-refractivity contribution in [1.29, 1.82) is 0 Å². The zero-order valence-corrected chi connectivity index (χ0v) is 13.6. The lowest BCUT2D eigenvalue weighted by atomic mass is 10.1. The quantitative estimate of drug-likeness (QED) is 0.587. The maximum absolute atomic E-state index is 13.2. The van der Waals surface area contributed by atoms with Gasteiger partial charge in [-0.25, -0.2) is 4.39 Å². The predicted molar refractivity (Wildman–Crippen MR) is 88.1 cm³/mol. The molecule has 0 N–H and O–H groups in total. The first-order chi connectivity index (χ1) is 10.1. The van der Waals surface area contributed by atoms with E-state index in [1.54, 1.807) is 6.20 Å². The number of nitrogens with zero attached hydrogens (tertiary/aromatic N) is 2. The lowest BCUT2D eigenvalue weighted by Crippen LogP contribution is -2.04. The normalized spacial score (nSPS) is 11.5. The average molecular weight is 347 g/mol. The van der Waals surface area contributed by atoms with E-state index in [2.05, 4.69) is 45.4 Å². The fourth-order valence-corrected chi connectivity index (χ4v) is 3.38. The van der Waals surface area contributed by atoms with Gasteiger partial charge in [-0.1, -0.05) is 28.1 Å². The van der Waals surface area contributed by atoms with Gasteiger partial charge in [0.25, 0.3) is 0 Å². The first-order valence-electron chi connectivity index (χ1n) is 6.93. The van der Waals surface area contributed by atoms with Crippen molar-refractivity contribution in [3.8, 4) is 11.1 Å². The highest BCUT2D eigenvalue weighted by molar-refractivity contribution is 9.08. The molecule has 0 aliphatic heterocycles. The van der Waals surface area contributed by atoms with Crippen LogP contribution in [0, 0.1) is 5.82 Å². The molecule has 0 amide bonds. The molecule has 21 heavy (non-hydrogen) atoms. The van der Waals surface area contributed by atoms with E-state index < -0.39 is 0 Å². The molecule has 0 aliphatic rings. The van der Waals surface area contributed by atoms with Crippen LogP contribution in [0.5, 0.6) is 0 Å². The number of alkyl halides is 1. The molecule has 0 saturated heterocycles. The van der Waals surface area contributed by atoms with Crippen molar-refractivity contribution < 1.29 is 4.39 Å². The van der Waals surface area contributed by atoms with Gasteiger partial charge in [0.1, 0.15) is 5.82 Å². The summed E-state index contributed by atoms with van der Waals surface area (Å²) in [4.78, 5) is 4.56. The van der Waals surface area contributed by atoms with E-state index in [-0.39, 0.29) is 5.82 Å². The molecule has 2 aromatic heterocycles. The van der Waals surface area contributed by atoms with Crippen LogP contribution in [0.1, 0.15) is 25.6 Å². The largest absolute Gasteiger partial charge is 0.339 e. The van der Waals surface area contributed by atoms with Gasteiger partial charge in [-0.15, -0.1) is 0 Å². The van der Waals surface area contributed by atoms with Gasteiger partial charge in [-0.2, -0.15) is 0 Å². The van der Waals surface area contributed by atoms with Crippen LogP contribution in [0.3, 0.4) is 0 Å². The van der Waals surface area contributed by atoms with Gasteiger partial charge in [0.05, 0.1) is 11.0 Å². The molecule has 0 aliphatic carbocycles. The zero-order chi connectivity index (χ0) is 15.0. The lowest BCUT2D eigenvalue weighted by molar-refractivity contribution is 0.607. The summed E-state index contributed by atoms with van der Waals surface area (Å²) in [5.41, 5.74) is 5.32. The average Bonchev–Trinajstić information content (AvgIpc) is 2.82. The van der Waals surface area contributed by atoms with Crippen molar-refractivity contribution in [3.63, 3.8) is 0 Å². The minimum atomic E-state index is -0.223. The Kier molecular flexibility index (Phi) is 3.81. The van der Waals surface area contributed by atoms with E-state index in [4.69, 9.17) is 0 Å². The second kappa shape index (κ2) is 5.60. The van der Waals surface area contributed by atoms with E-state index >= 15 is 0 Å². The van der Waals surface area contributed by atoms with Gasteiger partial charge in [0.2, 0.25) is 0 Å². The standard InChI is InChI=1S/C17H16BrFN2/c1-11(2)21-14-4-3-9-20-17(14)16(15(21)10-18)12-5-7-13(19)8-6-12/h3-9,11H,10H2,1-2H3. The summed E-state index contributed by atoms with van der Waals surface area (Å²) in [6, 6.07) is 11.0. The first kappa shape index (κ1) is 14.3. The van der Waals surface area contributed by atoms with Crippen LogP contribution in [0.15, 0.2) is 42.6 Å². The molecule has 108 valence electrons. The molecule has 0 radical (unpaired) electrons. The molecule has 3 aromatic rings. The maximum atomic E-state index is 13.2. The van der Waals surface area contributed by atoms with E-state index in [1.807, 2.05) is 18.2 Å². The molecule has 0 atom stereocenters. The van der Waals surface area contributed by atoms with Crippen molar-refractivity contribution in [2.75, 3.05) is 0 Å². The second-order valence-electron chi connectivity index (χ2n) is 5.30. The van der Waals surface area contributed by atoms with Crippen LogP contribution >= 0.6 is 15.9 Å². The van der Waals surface area contributed by atoms with Crippen molar-refractivity contribution in [2.45, 2.75) is 25.2 Å². The Bertz CT molecular complexity index is 775. The van der Waals surface area contributed by atoms with Crippen LogP contribution in [-0.4, -0.2) is 9.55 Å². The minimum absolute atomic E-state index is 0.223. The summed E-state index contributed by atoms with van der Waals surface area (Å²) < 4.78 is 15.5. The number of hydrogen-bond donors (Lipinski definition) is 0. The summed E-state index contributed by atoms with van der Waals surface area (Å²) in [6.45, 7) is 4.32. The monoisotopic (exact) mass is 346 g/mol. The van der Waals surface area contributed by atoms with Gasteiger partial charge in [0, 0.05) is 28.8 Å². The first-order valence-corrected chi connectivity index (χ1v) is 8.05. The maximum Gasteiger partial charge on any atom is 0.123 e. The highest BCUT2D eigenvalue weighted by atomic mass is 79.9. The van der Waals surface area contributed by atoms with E-state index in [9.17, 15) is 4.39 Å². The van der Waals surface area contributed by atoms with E-state index in [0.29, 0.717) is 6.04 Å². The Hall–Kier alpha value is -1.68. The van der Waals surface area contributed by atoms with E-state index in [0.717, 1.165) is 27.5 Å². The number of hydrogen-bond acceptors (Lipinski definition) is 1. The highest BCUT2D eigenvalue weighted by Gasteiger charge is 2.20. The van der Waals surface area contributed by atoms with Crippen LogP contribution in [0.4, 0.5) is 4.39 Å². The topological polar surface area (TPSA) is 17.8 Å². The van der Waals surface area contributed by atoms with Crippen LogP contribution in [0.25, 0.3) is 22.2 Å². The Labute approximate surface area is 131 Å². The van der Waals surface area contributed by atoms with Crippen molar-refractivity contribution >= 4 is 27.0 Å². The Morgan fingerprint density at radius 3 is 2.52 bits per heavy atom. The fraction of sp³-hybridized carbons (Fsp3) is 0.235. The number of fused-ring (bicyclic) bond motifs is 1. The fourth-order valence-electron chi connectivity index (χ4n) is 2.83. The zero-order valence-electron chi connectivity index (χ0n) is 12.0. The van der Waals surface area contributed by atoms with Gasteiger partial charge < -0.3 is 4.57 Å². The molecule has 2 nitrogen and oxygen atoms in total. The Morgan fingerprint density at radius 1 is 1.19 bits per heavy atom. The molecular weight excluding hydrogens is 331 g/mol. The molecule has 0 bridgehead atoms. The van der Waals surface area contributed by atoms with Crippen LogP contribution in [-0.2, 0) is 5.33 Å². The number of benzene rings is 1. The van der Waals surface area contributed by atoms with Crippen LogP contribution < -0.4 is 0 Å².